The topological polar surface area (TPSA) is 35.2 Å². The molecule has 1 saturated carbocycles. The van der Waals surface area contributed by atoms with Crippen LogP contribution in [0.4, 0.5) is 0 Å². The van der Waals surface area contributed by atoms with E-state index >= 15 is 0 Å². The van der Waals surface area contributed by atoms with Crippen LogP contribution in [0.3, 0.4) is 0 Å². The third-order valence-corrected chi connectivity index (χ3v) is 3.49. The maximum absolute atomic E-state index is 5.80. The molecule has 2 N–H and O–H groups in total. The molecular formula is C16H19NO. The van der Waals surface area contributed by atoms with Crippen LogP contribution in [0, 0.1) is 5.92 Å². The van der Waals surface area contributed by atoms with Gasteiger partial charge in [0.25, 0.3) is 0 Å². The molecule has 0 unspecified atom stereocenters. The molecule has 2 nitrogen and oxygen atoms in total. The van der Waals surface area contributed by atoms with Gasteiger partial charge in [0.15, 0.2) is 0 Å². The van der Waals surface area contributed by atoms with Crippen molar-refractivity contribution in [3.8, 4) is 5.75 Å². The average molecular weight is 241 g/mol. The van der Waals surface area contributed by atoms with Gasteiger partial charge in [0.2, 0.25) is 0 Å². The molecule has 2 heteroatoms. The van der Waals surface area contributed by atoms with Crippen LogP contribution in [0.15, 0.2) is 36.4 Å². The quantitative estimate of drug-likeness (QED) is 0.873. The van der Waals surface area contributed by atoms with E-state index in [1.165, 1.54) is 29.2 Å². The summed E-state index contributed by atoms with van der Waals surface area (Å²) in [7, 11) is 0. The third-order valence-electron chi connectivity index (χ3n) is 3.49. The lowest BCUT2D eigenvalue weighted by Crippen LogP contribution is -2.02. The van der Waals surface area contributed by atoms with Crippen LogP contribution < -0.4 is 10.5 Å². The Morgan fingerprint density at radius 1 is 1.06 bits per heavy atom. The van der Waals surface area contributed by atoms with Gasteiger partial charge in [-0.3, -0.25) is 0 Å². The standard InChI is InChI=1S/C16H19NO/c17-8-7-12-3-4-15-10-16(6-5-14(15)9-12)18-11-13-1-2-13/h3-6,9-10,13H,1-2,7-8,11,17H2. The van der Waals surface area contributed by atoms with Crippen molar-refractivity contribution >= 4 is 10.8 Å². The molecule has 1 aliphatic rings. The Balaban J connectivity index is 1.80. The number of hydrogen-bond acceptors (Lipinski definition) is 2. The average Bonchev–Trinajstić information content (AvgIpc) is 3.21. The van der Waals surface area contributed by atoms with Crippen molar-refractivity contribution in [2.24, 2.45) is 11.7 Å². The highest BCUT2D eigenvalue weighted by molar-refractivity contribution is 5.84. The molecule has 2 aromatic rings. The highest BCUT2D eigenvalue weighted by Gasteiger charge is 2.21. The highest BCUT2D eigenvalue weighted by atomic mass is 16.5. The largest absolute Gasteiger partial charge is 0.493 e. The number of ether oxygens (including phenoxy) is 1. The minimum atomic E-state index is 0.702. The smallest absolute Gasteiger partial charge is 0.119 e. The van der Waals surface area contributed by atoms with E-state index in [4.69, 9.17) is 10.5 Å². The molecule has 0 atom stereocenters. The normalized spacial score (nSPS) is 14.9. The Morgan fingerprint density at radius 2 is 1.83 bits per heavy atom. The Morgan fingerprint density at radius 3 is 2.61 bits per heavy atom. The predicted octanol–water partition coefficient (Wildman–Crippen LogP) is 3.13. The Labute approximate surface area is 108 Å². The molecule has 1 aliphatic carbocycles. The molecule has 0 spiro atoms. The van der Waals surface area contributed by atoms with Gasteiger partial charge in [0, 0.05) is 0 Å². The van der Waals surface area contributed by atoms with Crippen LogP contribution in [0.25, 0.3) is 10.8 Å². The zero-order valence-electron chi connectivity index (χ0n) is 10.6. The second-order valence-corrected chi connectivity index (χ2v) is 5.14. The fourth-order valence-electron chi connectivity index (χ4n) is 2.18. The van der Waals surface area contributed by atoms with Gasteiger partial charge in [-0.15, -0.1) is 0 Å². The first-order valence-electron chi connectivity index (χ1n) is 6.71. The molecular weight excluding hydrogens is 222 g/mol. The maximum atomic E-state index is 5.80. The monoisotopic (exact) mass is 241 g/mol. The van der Waals surface area contributed by atoms with Crippen LogP contribution in [-0.4, -0.2) is 13.2 Å². The summed E-state index contributed by atoms with van der Waals surface area (Å²) in [5.41, 5.74) is 6.88. The van der Waals surface area contributed by atoms with E-state index in [9.17, 15) is 0 Å². The van der Waals surface area contributed by atoms with E-state index in [1.54, 1.807) is 0 Å². The van der Waals surface area contributed by atoms with E-state index in [-0.39, 0.29) is 0 Å². The molecule has 1 fully saturated rings. The first-order chi connectivity index (χ1) is 8.85. The van der Waals surface area contributed by atoms with Gasteiger partial charge in [-0.25, -0.2) is 0 Å². The van der Waals surface area contributed by atoms with E-state index in [2.05, 4.69) is 36.4 Å². The zero-order valence-corrected chi connectivity index (χ0v) is 10.6. The molecule has 18 heavy (non-hydrogen) atoms. The van der Waals surface area contributed by atoms with Crippen molar-refractivity contribution < 1.29 is 4.74 Å². The molecule has 0 radical (unpaired) electrons. The van der Waals surface area contributed by atoms with E-state index in [1.807, 2.05) is 0 Å². The zero-order chi connectivity index (χ0) is 12.4. The summed E-state index contributed by atoms with van der Waals surface area (Å²) in [5.74, 6) is 1.79. The van der Waals surface area contributed by atoms with Crippen molar-refractivity contribution in [2.45, 2.75) is 19.3 Å². The van der Waals surface area contributed by atoms with Gasteiger partial charge < -0.3 is 10.5 Å². The van der Waals surface area contributed by atoms with Crippen LogP contribution in [-0.2, 0) is 6.42 Å². The predicted molar refractivity (Wildman–Crippen MR) is 74.9 cm³/mol. The van der Waals surface area contributed by atoms with Crippen LogP contribution in [0.1, 0.15) is 18.4 Å². The second-order valence-electron chi connectivity index (χ2n) is 5.14. The first kappa shape index (κ1) is 11.5. The summed E-state index contributed by atoms with van der Waals surface area (Å²) in [6, 6.07) is 12.9. The molecule has 2 aromatic carbocycles. The van der Waals surface area contributed by atoms with E-state index in [0.717, 1.165) is 24.7 Å². The van der Waals surface area contributed by atoms with Gasteiger partial charge in [0.05, 0.1) is 6.61 Å². The lowest BCUT2D eigenvalue weighted by Gasteiger charge is -2.07. The first-order valence-corrected chi connectivity index (χ1v) is 6.71. The fourth-order valence-corrected chi connectivity index (χ4v) is 2.18. The summed E-state index contributed by atoms with van der Waals surface area (Å²) in [6.07, 6.45) is 3.60. The summed E-state index contributed by atoms with van der Waals surface area (Å²) in [4.78, 5) is 0. The van der Waals surface area contributed by atoms with Crippen LogP contribution in [0.5, 0.6) is 5.75 Å². The Kier molecular flexibility index (Phi) is 3.20. The third kappa shape index (κ3) is 2.65. The SMILES string of the molecule is NCCc1ccc2cc(OCC3CC3)ccc2c1. The Bertz CT molecular complexity index is 546. The molecule has 3 rings (SSSR count). The fraction of sp³-hybridized carbons (Fsp3) is 0.375. The number of rotatable bonds is 5. The van der Waals surface area contributed by atoms with Crippen molar-refractivity contribution in [3.05, 3.63) is 42.0 Å². The Hall–Kier alpha value is -1.54. The van der Waals surface area contributed by atoms with Crippen molar-refractivity contribution in [1.29, 1.82) is 0 Å². The van der Waals surface area contributed by atoms with Gasteiger partial charge in [-0.05, 0) is 60.2 Å². The van der Waals surface area contributed by atoms with Crippen LogP contribution in [0.2, 0.25) is 0 Å². The summed E-state index contributed by atoms with van der Waals surface area (Å²) >= 11 is 0. The van der Waals surface area contributed by atoms with E-state index < -0.39 is 0 Å². The molecule has 0 heterocycles. The summed E-state index contributed by atoms with van der Waals surface area (Å²) < 4.78 is 5.80. The minimum absolute atomic E-state index is 0.702. The molecule has 0 aliphatic heterocycles. The molecule has 0 saturated heterocycles. The summed E-state index contributed by atoms with van der Waals surface area (Å²) in [5, 5.41) is 2.50. The lowest BCUT2D eigenvalue weighted by atomic mass is 10.0. The number of hydrogen-bond donors (Lipinski definition) is 1. The summed E-state index contributed by atoms with van der Waals surface area (Å²) in [6.45, 7) is 1.57. The molecule has 94 valence electrons. The number of fused-ring (bicyclic) bond motifs is 1. The number of nitrogens with two attached hydrogens (primary N) is 1. The van der Waals surface area contributed by atoms with Gasteiger partial charge in [-0.1, -0.05) is 24.3 Å². The maximum Gasteiger partial charge on any atom is 0.119 e. The van der Waals surface area contributed by atoms with Crippen molar-refractivity contribution in [2.75, 3.05) is 13.2 Å². The minimum Gasteiger partial charge on any atom is -0.493 e. The van der Waals surface area contributed by atoms with Crippen molar-refractivity contribution in [3.63, 3.8) is 0 Å². The second kappa shape index (κ2) is 4.99. The lowest BCUT2D eigenvalue weighted by molar-refractivity contribution is 0.300. The molecule has 0 aromatic heterocycles. The molecule has 0 bridgehead atoms. The van der Waals surface area contributed by atoms with E-state index in [0.29, 0.717) is 6.54 Å². The highest BCUT2D eigenvalue weighted by Crippen LogP contribution is 2.30. The van der Waals surface area contributed by atoms with Crippen molar-refractivity contribution in [1.82, 2.24) is 0 Å². The molecule has 0 amide bonds. The van der Waals surface area contributed by atoms with Crippen LogP contribution >= 0.6 is 0 Å². The van der Waals surface area contributed by atoms with Gasteiger partial charge >= 0.3 is 0 Å². The number of benzene rings is 2. The van der Waals surface area contributed by atoms with Gasteiger partial charge in [0.1, 0.15) is 5.75 Å². The van der Waals surface area contributed by atoms with Gasteiger partial charge in [-0.2, -0.15) is 0 Å².